The Hall–Kier alpha value is -2.34. The van der Waals surface area contributed by atoms with Gasteiger partial charge in [0.2, 0.25) is 5.65 Å². The predicted octanol–water partition coefficient (Wildman–Crippen LogP) is 3.22. The number of aromatic hydroxyl groups is 1. The molecule has 6 nitrogen and oxygen atoms in total. The highest BCUT2D eigenvalue weighted by molar-refractivity contribution is 6.29. The summed E-state index contributed by atoms with van der Waals surface area (Å²) >= 11 is 6.10. The molecule has 0 spiro atoms. The summed E-state index contributed by atoms with van der Waals surface area (Å²) in [5, 5.41) is 25.8. The van der Waals surface area contributed by atoms with Gasteiger partial charge in [0, 0.05) is 18.5 Å². The first-order valence-corrected chi connectivity index (χ1v) is 7.36. The SMILES string of the molecule is CC(C)c1nnc2c(NCc3cccc(O)c3)cc(Cl)nn12. The molecule has 2 N–H and O–H groups in total. The van der Waals surface area contributed by atoms with Crippen LogP contribution in [0.2, 0.25) is 5.15 Å². The Balaban J connectivity index is 1.93. The molecule has 0 saturated heterocycles. The monoisotopic (exact) mass is 317 g/mol. The van der Waals surface area contributed by atoms with Gasteiger partial charge in [0.25, 0.3) is 0 Å². The molecule has 3 rings (SSSR count). The molecule has 2 heterocycles. The van der Waals surface area contributed by atoms with Crippen LogP contribution < -0.4 is 5.32 Å². The number of anilines is 1. The molecule has 0 atom stereocenters. The minimum Gasteiger partial charge on any atom is -0.508 e. The van der Waals surface area contributed by atoms with E-state index in [-0.39, 0.29) is 11.7 Å². The zero-order valence-electron chi connectivity index (χ0n) is 12.3. The Morgan fingerprint density at radius 1 is 1.27 bits per heavy atom. The van der Waals surface area contributed by atoms with Crippen LogP contribution in [0.3, 0.4) is 0 Å². The summed E-state index contributed by atoms with van der Waals surface area (Å²) in [5.41, 5.74) is 2.34. The predicted molar refractivity (Wildman–Crippen MR) is 85.3 cm³/mol. The van der Waals surface area contributed by atoms with Crippen molar-refractivity contribution < 1.29 is 5.11 Å². The van der Waals surface area contributed by atoms with Crippen molar-refractivity contribution in [2.75, 3.05) is 5.32 Å². The molecule has 0 fully saturated rings. The Bertz CT molecular complexity index is 815. The quantitative estimate of drug-likeness (QED) is 0.772. The van der Waals surface area contributed by atoms with Crippen molar-refractivity contribution >= 4 is 22.9 Å². The van der Waals surface area contributed by atoms with Crippen LogP contribution in [0.4, 0.5) is 5.69 Å². The molecule has 0 unspecified atom stereocenters. The second-order valence-electron chi connectivity index (χ2n) is 5.35. The van der Waals surface area contributed by atoms with Crippen molar-refractivity contribution in [1.29, 1.82) is 0 Å². The fourth-order valence-electron chi connectivity index (χ4n) is 2.22. The van der Waals surface area contributed by atoms with Gasteiger partial charge in [-0.1, -0.05) is 37.6 Å². The lowest BCUT2D eigenvalue weighted by Gasteiger charge is -2.09. The van der Waals surface area contributed by atoms with Gasteiger partial charge >= 0.3 is 0 Å². The third kappa shape index (κ3) is 2.82. The second kappa shape index (κ2) is 5.81. The van der Waals surface area contributed by atoms with Gasteiger partial charge in [0.1, 0.15) is 5.75 Å². The summed E-state index contributed by atoms with van der Waals surface area (Å²) in [6.07, 6.45) is 0. The van der Waals surface area contributed by atoms with Crippen molar-refractivity contribution in [3.8, 4) is 5.75 Å². The highest BCUT2D eigenvalue weighted by Crippen LogP contribution is 2.23. The summed E-state index contributed by atoms with van der Waals surface area (Å²) in [6.45, 7) is 4.59. The summed E-state index contributed by atoms with van der Waals surface area (Å²) in [6, 6.07) is 8.79. The molecule has 0 bridgehead atoms. The number of hydrogen-bond acceptors (Lipinski definition) is 5. The molecule has 0 aliphatic rings. The van der Waals surface area contributed by atoms with Crippen molar-refractivity contribution in [3.63, 3.8) is 0 Å². The Morgan fingerprint density at radius 2 is 2.09 bits per heavy atom. The van der Waals surface area contributed by atoms with E-state index in [1.165, 1.54) is 0 Å². The van der Waals surface area contributed by atoms with Crippen LogP contribution in [-0.4, -0.2) is 24.9 Å². The fraction of sp³-hybridized carbons (Fsp3) is 0.267. The zero-order chi connectivity index (χ0) is 15.7. The largest absolute Gasteiger partial charge is 0.508 e. The maximum atomic E-state index is 9.51. The second-order valence-corrected chi connectivity index (χ2v) is 5.74. The van der Waals surface area contributed by atoms with Gasteiger partial charge in [-0.15, -0.1) is 10.2 Å². The normalized spacial score (nSPS) is 11.3. The van der Waals surface area contributed by atoms with Gasteiger partial charge in [-0.05, 0) is 17.7 Å². The average molecular weight is 318 g/mol. The van der Waals surface area contributed by atoms with Crippen molar-refractivity contribution in [2.24, 2.45) is 0 Å². The first-order chi connectivity index (χ1) is 10.5. The number of fused-ring (bicyclic) bond motifs is 1. The van der Waals surface area contributed by atoms with Crippen LogP contribution in [0.15, 0.2) is 30.3 Å². The van der Waals surface area contributed by atoms with E-state index in [1.807, 2.05) is 19.9 Å². The maximum absolute atomic E-state index is 9.51. The van der Waals surface area contributed by atoms with Gasteiger partial charge in [-0.2, -0.15) is 9.61 Å². The molecule has 114 valence electrons. The molecule has 1 aromatic carbocycles. The number of nitrogens with one attached hydrogen (secondary N) is 1. The van der Waals surface area contributed by atoms with E-state index in [2.05, 4.69) is 20.6 Å². The number of nitrogens with zero attached hydrogens (tertiary/aromatic N) is 4. The van der Waals surface area contributed by atoms with Gasteiger partial charge in [0.15, 0.2) is 11.0 Å². The number of phenolic OH excluding ortho intramolecular Hbond substituents is 1. The fourth-order valence-corrected chi connectivity index (χ4v) is 2.40. The van der Waals surface area contributed by atoms with Gasteiger partial charge in [-0.3, -0.25) is 0 Å². The minimum absolute atomic E-state index is 0.194. The van der Waals surface area contributed by atoms with Gasteiger partial charge in [0.05, 0.1) is 5.69 Å². The molecule has 3 aromatic rings. The molecule has 0 aliphatic heterocycles. The molecular weight excluding hydrogens is 302 g/mol. The number of halogens is 1. The number of hydrogen-bond donors (Lipinski definition) is 2. The van der Waals surface area contributed by atoms with Crippen molar-refractivity contribution in [1.82, 2.24) is 19.8 Å². The summed E-state index contributed by atoms with van der Waals surface area (Å²) < 4.78 is 1.66. The Kier molecular flexibility index (Phi) is 3.85. The lowest BCUT2D eigenvalue weighted by Crippen LogP contribution is -2.05. The van der Waals surface area contributed by atoms with Crippen LogP contribution >= 0.6 is 11.6 Å². The van der Waals surface area contributed by atoms with Crippen LogP contribution in [0.5, 0.6) is 5.75 Å². The van der Waals surface area contributed by atoms with Crippen molar-refractivity contribution in [2.45, 2.75) is 26.3 Å². The van der Waals surface area contributed by atoms with E-state index in [0.717, 1.165) is 17.1 Å². The van der Waals surface area contributed by atoms with Crippen LogP contribution in [0.1, 0.15) is 31.2 Å². The van der Waals surface area contributed by atoms with Crippen LogP contribution in [-0.2, 0) is 6.54 Å². The standard InChI is InChI=1S/C15H16ClN5O/c1-9(2)14-18-19-15-12(7-13(16)20-21(14)15)17-8-10-4-3-5-11(22)6-10/h3-7,9,17,22H,8H2,1-2H3. The molecule has 0 radical (unpaired) electrons. The van der Waals surface area contributed by atoms with E-state index in [1.54, 1.807) is 28.8 Å². The van der Waals surface area contributed by atoms with E-state index >= 15 is 0 Å². The maximum Gasteiger partial charge on any atom is 0.201 e. The number of benzene rings is 1. The smallest absolute Gasteiger partial charge is 0.201 e. The highest BCUT2D eigenvalue weighted by atomic mass is 35.5. The first-order valence-electron chi connectivity index (χ1n) is 6.98. The number of phenols is 1. The van der Waals surface area contributed by atoms with Crippen LogP contribution in [0, 0.1) is 0 Å². The van der Waals surface area contributed by atoms with Crippen LogP contribution in [0.25, 0.3) is 5.65 Å². The average Bonchev–Trinajstić information content (AvgIpc) is 2.88. The van der Waals surface area contributed by atoms with Crippen molar-refractivity contribution in [3.05, 3.63) is 46.9 Å². The lowest BCUT2D eigenvalue weighted by molar-refractivity contribution is 0.474. The van der Waals surface area contributed by atoms with E-state index in [4.69, 9.17) is 11.6 Å². The summed E-state index contributed by atoms with van der Waals surface area (Å²) in [7, 11) is 0. The Morgan fingerprint density at radius 3 is 2.82 bits per heavy atom. The van der Waals surface area contributed by atoms with Gasteiger partial charge < -0.3 is 10.4 Å². The molecule has 7 heteroatoms. The summed E-state index contributed by atoms with van der Waals surface area (Å²) in [5.74, 6) is 1.19. The van der Waals surface area contributed by atoms with E-state index < -0.39 is 0 Å². The number of aromatic nitrogens is 4. The molecular formula is C15H16ClN5O. The molecule has 0 aliphatic carbocycles. The number of rotatable bonds is 4. The van der Waals surface area contributed by atoms with Gasteiger partial charge in [-0.25, -0.2) is 0 Å². The third-order valence-corrected chi connectivity index (χ3v) is 3.46. The van der Waals surface area contributed by atoms with E-state index in [9.17, 15) is 5.11 Å². The summed E-state index contributed by atoms with van der Waals surface area (Å²) in [4.78, 5) is 0. The topological polar surface area (TPSA) is 75.3 Å². The molecule has 0 amide bonds. The lowest BCUT2D eigenvalue weighted by atomic mass is 10.2. The highest BCUT2D eigenvalue weighted by Gasteiger charge is 2.14. The minimum atomic E-state index is 0.194. The van der Waals surface area contributed by atoms with E-state index in [0.29, 0.717) is 17.3 Å². The molecule has 22 heavy (non-hydrogen) atoms. The zero-order valence-corrected chi connectivity index (χ0v) is 13.0. The third-order valence-electron chi connectivity index (χ3n) is 3.27. The first kappa shape index (κ1) is 14.6. The molecule has 0 saturated carbocycles. The Labute approximate surface area is 132 Å². The molecule has 2 aromatic heterocycles.